The first-order chi connectivity index (χ1) is 10.1. The van der Waals surface area contributed by atoms with Crippen LogP contribution in [0.4, 0.5) is 4.79 Å². The molecule has 0 bridgehead atoms. The van der Waals surface area contributed by atoms with E-state index in [1.807, 2.05) is 18.2 Å². The molecule has 0 saturated heterocycles. The molecule has 0 atom stereocenters. The minimum atomic E-state index is -0.646. The van der Waals surface area contributed by atoms with Crippen molar-refractivity contribution in [2.75, 3.05) is 13.2 Å². The third-order valence-corrected chi connectivity index (χ3v) is 2.47. The molecule has 0 unspecified atom stereocenters. The summed E-state index contributed by atoms with van der Waals surface area (Å²) in [6, 6.07) is 0. The van der Waals surface area contributed by atoms with Crippen LogP contribution in [0.1, 0.15) is 39.5 Å². The molecular weight excluding hydrogens is 274 g/mol. The second-order valence-corrected chi connectivity index (χ2v) is 4.85. The molecular formula is C15H25NO5. The first-order valence-corrected chi connectivity index (χ1v) is 7.14. The zero-order chi connectivity index (χ0) is 15.9. The van der Waals surface area contributed by atoms with Crippen LogP contribution in [-0.2, 0) is 14.4 Å². The van der Waals surface area contributed by atoms with Crippen LogP contribution in [0.3, 0.4) is 0 Å². The molecule has 0 radical (unpaired) electrons. The summed E-state index contributed by atoms with van der Waals surface area (Å²) in [7, 11) is 0. The van der Waals surface area contributed by atoms with E-state index in [2.05, 4.69) is 30.1 Å². The van der Waals surface area contributed by atoms with Gasteiger partial charge >= 0.3 is 12.1 Å². The maximum absolute atomic E-state index is 11.3. The number of carbonyl (C=O) groups is 2. The quantitative estimate of drug-likeness (QED) is 0.280. The van der Waals surface area contributed by atoms with Crippen LogP contribution in [0.5, 0.6) is 0 Å². The first-order valence-electron chi connectivity index (χ1n) is 7.14. The Hall–Kier alpha value is -1.82. The number of amides is 1. The van der Waals surface area contributed by atoms with Crippen molar-refractivity contribution in [2.24, 2.45) is 5.92 Å². The molecule has 0 spiro atoms. The van der Waals surface area contributed by atoms with Gasteiger partial charge in [0.05, 0.1) is 6.61 Å². The fourth-order valence-electron chi connectivity index (χ4n) is 1.38. The van der Waals surface area contributed by atoms with Crippen molar-refractivity contribution in [3.63, 3.8) is 0 Å². The Bertz CT molecular complexity index is 350. The number of allylic oxidation sites excluding steroid dienone is 3. The number of carbonyl (C=O) groups excluding carboxylic acids is 2. The molecule has 21 heavy (non-hydrogen) atoms. The average molecular weight is 299 g/mol. The van der Waals surface area contributed by atoms with Gasteiger partial charge in [-0.15, -0.1) is 0 Å². The summed E-state index contributed by atoms with van der Waals surface area (Å²) < 4.78 is 4.95. The van der Waals surface area contributed by atoms with E-state index < -0.39 is 12.1 Å². The molecule has 0 aromatic heterocycles. The number of hydrogen-bond acceptors (Lipinski definition) is 5. The van der Waals surface area contributed by atoms with Crippen molar-refractivity contribution in [2.45, 2.75) is 39.5 Å². The normalized spacial score (nSPS) is 11.2. The van der Waals surface area contributed by atoms with Crippen molar-refractivity contribution in [1.29, 1.82) is 0 Å². The fourth-order valence-corrected chi connectivity index (χ4v) is 1.38. The van der Waals surface area contributed by atoms with Crippen LogP contribution in [-0.4, -0.2) is 30.5 Å². The Labute approximate surface area is 125 Å². The number of alkyl carbamates (subject to hydrolysis) is 1. The smallest absolute Gasteiger partial charge is 0.407 e. The van der Waals surface area contributed by atoms with Crippen LogP contribution >= 0.6 is 0 Å². The zero-order valence-corrected chi connectivity index (χ0v) is 12.7. The van der Waals surface area contributed by atoms with Crippen LogP contribution in [0.25, 0.3) is 0 Å². The van der Waals surface area contributed by atoms with Crippen LogP contribution in [0.15, 0.2) is 24.3 Å². The van der Waals surface area contributed by atoms with Gasteiger partial charge in [-0.1, -0.05) is 38.2 Å². The minimum absolute atomic E-state index is 0.164. The third-order valence-electron chi connectivity index (χ3n) is 2.47. The minimum Gasteiger partial charge on any atom is -0.450 e. The summed E-state index contributed by atoms with van der Waals surface area (Å²) in [5.41, 5.74) is 0. The summed E-state index contributed by atoms with van der Waals surface area (Å²) in [5, 5.41) is 10.6. The van der Waals surface area contributed by atoms with E-state index >= 15 is 0 Å². The van der Waals surface area contributed by atoms with Gasteiger partial charge in [-0.25, -0.2) is 9.59 Å². The molecule has 0 fully saturated rings. The first kappa shape index (κ1) is 19.2. The highest BCUT2D eigenvalue weighted by Crippen LogP contribution is 2.01. The molecule has 1 amide bonds. The van der Waals surface area contributed by atoms with Crippen molar-refractivity contribution in [1.82, 2.24) is 5.32 Å². The molecule has 6 nitrogen and oxygen atoms in total. The number of hydrogen-bond donors (Lipinski definition) is 2. The lowest BCUT2D eigenvalue weighted by Crippen LogP contribution is -2.24. The molecule has 0 saturated carbocycles. The van der Waals surface area contributed by atoms with Gasteiger partial charge in [-0.2, -0.15) is 5.26 Å². The predicted octanol–water partition coefficient (Wildman–Crippen LogP) is 3.06. The topological polar surface area (TPSA) is 84.9 Å². The van der Waals surface area contributed by atoms with E-state index in [1.165, 1.54) is 0 Å². The highest BCUT2D eigenvalue weighted by Gasteiger charge is 2.02. The van der Waals surface area contributed by atoms with Gasteiger partial charge in [0.15, 0.2) is 0 Å². The van der Waals surface area contributed by atoms with Gasteiger partial charge in [0.1, 0.15) is 0 Å². The average Bonchev–Trinajstić information content (AvgIpc) is 2.45. The molecule has 0 aromatic rings. The Balaban J connectivity index is 3.44. The fraction of sp³-hybridized carbons (Fsp3) is 0.600. The molecule has 6 heteroatoms. The van der Waals surface area contributed by atoms with Gasteiger partial charge < -0.3 is 14.9 Å². The lowest BCUT2D eigenvalue weighted by molar-refractivity contribution is -0.234. The molecule has 2 N–H and O–H groups in total. The molecule has 0 aliphatic carbocycles. The molecule has 0 aliphatic heterocycles. The van der Waals surface area contributed by atoms with E-state index in [9.17, 15) is 9.59 Å². The summed E-state index contributed by atoms with van der Waals surface area (Å²) in [4.78, 5) is 25.4. The lowest BCUT2D eigenvalue weighted by atomic mass is 10.2. The second-order valence-electron chi connectivity index (χ2n) is 4.85. The van der Waals surface area contributed by atoms with E-state index in [0.717, 1.165) is 6.42 Å². The van der Waals surface area contributed by atoms with E-state index in [0.29, 0.717) is 31.9 Å². The third kappa shape index (κ3) is 14.4. The van der Waals surface area contributed by atoms with Crippen molar-refractivity contribution < 1.29 is 24.5 Å². The standard InChI is InChI=1S/C15H25NO5/c1-13(2)9-5-3-7-11-16-15(18)20-12-8-4-6-10-14(17)21-19/h3,5,7,9,13,19H,4,6,8,10-12H2,1-2H3,(H,16,18)/b7-3-,9-5+. The number of ether oxygens (including phenoxy) is 1. The Morgan fingerprint density at radius 1 is 1.19 bits per heavy atom. The molecule has 0 aliphatic rings. The zero-order valence-electron chi connectivity index (χ0n) is 12.7. The number of unbranched alkanes of at least 4 members (excludes halogenated alkanes) is 2. The predicted molar refractivity (Wildman–Crippen MR) is 79.7 cm³/mol. The second kappa shape index (κ2) is 13.2. The van der Waals surface area contributed by atoms with Crippen LogP contribution in [0.2, 0.25) is 0 Å². The number of rotatable bonds is 10. The summed E-state index contributed by atoms with van der Waals surface area (Å²) >= 11 is 0. The van der Waals surface area contributed by atoms with Crippen molar-refractivity contribution in [3.8, 4) is 0 Å². The van der Waals surface area contributed by atoms with E-state index in [-0.39, 0.29) is 6.42 Å². The van der Waals surface area contributed by atoms with E-state index in [1.54, 1.807) is 0 Å². The molecule has 0 heterocycles. The maximum Gasteiger partial charge on any atom is 0.407 e. The monoisotopic (exact) mass is 299 g/mol. The maximum atomic E-state index is 11.3. The van der Waals surface area contributed by atoms with E-state index in [4.69, 9.17) is 9.99 Å². The van der Waals surface area contributed by atoms with Gasteiger partial charge in [0, 0.05) is 13.0 Å². The Morgan fingerprint density at radius 3 is 2.62 bits per heavy atom. The van der Waals surface area contributed by atoms with Gasteiger partial charge in [-0.05, 0) is 25.2 Å². The summed E-state index contributed by atoms with van der Waals surface area (Å²) in [6.45, 7) is 4.90. The summed E-state index contributed by atoms with van der Waals surface area (Å²) in [5.74, 6) is -0.140. The van der Waals surface area contributed by atoms with Crippen molar-refractivity contribution in [3.05, 3.63) is 24.3 Å². The molecule has 0 rings (SSSR count). The largest absolute Gasteiger partial charge is 0.450 e. The Kier molecular flexibility index (Phi) is 12.0. The molecule has 120 valence electrons. The molecule has 0 aromatic carbocycles. The summed E-state index contributed by atoms with van der Waals surface area (Å²) in [6.07, 6.45) is 9.40. The van der Waals surface area contributed by atoms with Crippen LogP contribution in [0, 0.1) is 5.92 Å². The number of nitrogens with one attached hydrogen (secondary N) is 1. The highest BCUT2D eigenvalue weighted by atomic mass is 17.1. The van der Waals surface area contributed by atoms with Gasteiger partial charge in [0.2, 0.25) is 0 Å². The Morgan fingerprint density at radius 2 is 1.95 bits per heavy atom. The highest BCUT2D eigenvalue weighted by molar-refractivity contribution is 5.68. The lowest BCUT2D eigenvalue weighted by Gasteiger charge is -2.04. The van der Waals surface area contributed by atoms with Crippen LogP contribution < -0.4 is 5.32 Å². The SMILES string of the molecule is CC(C)/C=C/C=C\CNC(=O)OCCCCCC(=O)OO. The van der Waals surface area contributed by atoms with Crippen molar-refractivity contribution >= 4 is 12.1 Å². The van der Waals surface area contributed by atoms with Gasteiger partial charge in [-0.3, -0.25) is 0 Å². The van der Waals surface area contributed by atoms with Gasteiger partial charge in [0.25, 0.3) is 0 Å².